The van der Waals surface area contributed by atoms with Gasteiger partial charge in [0, 0.05) is 29.8 Å². The number of ether oxygens (including phenoxy) is 2. The normalized spacial score (nSPS) is 11.4. The largest absolute Gasteiger partial charge is 0.494 e. The Morgan fingerprint density at radius 3 is 2.56 bits per heavy atom. The van der Waals surface area contributed by atoms with Crippen molar-refractivity contribution in [3.63, 3.8) is 0 Å². The van der Waals surface area contributed by atoms with Crippen molar-refractivity contribution in [2.45, 2.75) is 34.3 Å². The van der Waals surface area contributed by atoms with E-state index in [2.05, 4.69) is 15.3 Å². The average Bonchev–Trinajstić information content (AvgIpc) is 2.85. The van der Waals surface area contributed by atoms with E-state index in [1.807, 2.05) is 38.1 Å². The number of fused-ring (bicyclic) bond motifs is 1. The number of nitrogens with one attached hydrogen (secondary N) is 1. The summed E-state index contributed by atoms with van der Waals surface area (Å²) in [6, 6.07) is 16.4. The van der Waals surface area contributed by atoms with E-state index in [1.165, 1.54) is 6.92 Å². The fourth-order valence-corrected chi connectivity index (χ4v) is 3.65. The number of hydrogen-bond donors (Lipinski definition) is 1. The molecule has 0 saturated carbocycles. The van der Waals surface area contributed by atoms with Gasteiger partial charge in [0.25, 0.3) is 5.91 Å². The van der Waals surface area contributed by atoms with Gasteiger partial charge in [-0.15, -0.1) is 0 Å². The molecule has 0 unspecified atom stereocenters. The molecule has 0 saturated heterocycles. The van der Waals surface area contributed by atoms with E-state index in [0.29, 0.717) is 40.2 Å². The third-order valence-electron chi connectivity index (χ3n) is 5.38. The molecule has 1 N–H and O–H groups in total. The topological polar surface area (TPSA) is 103 Å². The molecule has 4 rings (SSSR count). The van der Waals surface area contributed by atoms with Crippen LogP contribution in [0.5, 0.6) is 5.75 Å². The van der Waals surface area contributed by atoms with Crippen LogP contribution < -0.4 is 15.6 Å². The van der Waals surface area contributed by atoms with Crippen molar-refractivity contribution in [3.05, 3.63) is 88.7 Å². The lowest BCUT2D eigenvalue weighted by atomic mass is 10.1. The monoisotopic (exact) mass is 485 g/mol. The number of hydrogen-bond acceptors (Lipinski definition) is 7. The second-order valence-electron chi connectivity index (χ2n) is 8.22. The second kappa shape index (κ2) is 10.9. The van der Waals surface area contributed by atoms with E-state index in [-0.39, 0.29) is 23.6 Å². The van der Waals surface area contributed by atoms with Crippen LogP contribution in [0.2, 0.25) is 0 Å². The minimum Gasteiger partial charge on any atom is -0.494 e. The van der Waals surface area contributed by atoms with Crippen LogP contribution in [-0.2, 0) is 16.1 Å². The molecule has 184 valence electrons. The van der Waals surface area contributed by atoms with Gasteiger partial charge in [-0.05, 0) is 68.8 Å². The maximum absolute atomic E-state index is 13.4. The van der Waals surface area contributed by atoms with E-state index in [4.69, 9.17) is 13.9 Å². The fourth-order valence-electron chi connectivity index (χ4n) is 3.65. The number of carbonyl (C=O) groups excluding carboxylic acids is 2. The molecule has 36 heavy (non-hydrogen) atoms. The van der Waals surface area contributed by atoms with Crippen LogP contribution in [0.3, 0.4) is 0 Å². The zero-order valence-electron chi connectivity index (χ0n) is 20.6. The Labute approximate surface area is 208 Å². The number of anilines is 1. The molecule has 0 radical (unpaired) electrons. The second-order valence-corrected chi connectivity index (χ2v) is 8.22. The van der Waals surface area contributed by atoms with E-state index in [0.717, 1.165) is 11.3 Å². The Kier molecular flexibility index (Phi) is 7.44. The predicted octanol–water partition coefficient (Wildman–Crippen LogP) is 5.39. The highest BCUT2D eigenvalue weighted by Crippen LogP contribution is 2.23. The van der Waals surface area contributed by atoms with Crippen molar-refractivity contribution in [1.29, 1.82) is 0 Å². The third kappa shape index (κ3) is 5.78. The molecular weight excluding hydrogens is 458 g/mol. The lowest BCUT2D eigenvalue weighted by Crippen LogP contribution is -2.22. The Balaban J connectivity index is 1.87. The molecule has 0 aliphatic carbocycles. The van der Waals surface area contributed by atoms with Crippen molar-refractivity contribution < 1.29 is 23.5 Å². The average molecular weight is 486 g/mol. The van der Waals surface area contributed by atoms with Gasteiger partial charge >= 0.3 is 5.97 Å². The molecule has 0 atom stereocenters. The Bertz CT molecular complexity index is 1490. The number of carbonyl (C=O) groups is 2. The highest BCUT2D eigenvalue weighted by Gasteiger charge is 2.17. The van der Waals surface area contributed by atoms with Crippen LogP contribution in [0.1, 0.15) is 41.0 Å². The summed E-state index contributed by atoms with van der Waals surface area (Å²) in [5, 5.41) is 3.53. The molecule has 2 heterocycles. The van der Waals surface area contributed by atoms with E-state index >= 15 is 0 Å². The maximum atomic E-state index is 13.4. The summed E-state index contributed by atoms with van der Waals surface area (Å²) in [6.07, 6.45) is 1.61. The zero-order chi connectivity index (χ0) is 25.7. The van der Waals surface area contributed by atoms with Crippen LogP contribution in [-0.4, -0.2) is 23.5 Å². The molecule has 8 nitrogen and oxygen atoms in total. The van der Waals surface area contributed by atoms with Crippen LogP contribution in [0.4, 0.5) is 11.4 Å². The number of pyridine rings is 1. The van der Waals surface area contributed by atoms with Gasteiger partial charge in [0.05, 0.1) is 18.0 Å². The standard InChI is InChI=1S/C28H27N3O5/c1-5-34-23-11-9-21(10-12-23)31-28-25(27(33)30-22-8-6-7-17(2)13-22)14-24-20(16-35-19(4)32)15-29-18(3)26(24)36-28/h6-15H,5,16H2,1-4H3,(H,30,33). The first kappa shape index (κ1) is 24.7. The van der Waals surface area contributed by atoms with Crippen molar-refractivity contribution >= 4 is 34.2 Å². The smallest absolute Gasteiger partial charge is 0.302 e. The van der Waals surface area contributed by atoms with Crippen molar-refractivity contribution in [1.82, 2.24) is 4.98 Å². The minimum absolute atomic E-state index is 0.00293. The van der Waals surface area contributed by atoms with Crippen LogP contribution >= 0.6 is 0 Å². The van der Waals surface area contributed by atoms with Crippen molar-refractivity contribution in [2.75, 3.05) is 11.9 Å². The highest BCUT2D eigenvalue weighted by atomic mass is 16.5. The summed E-state index contributed by atoms with van der Waals surface area (Å²) in [4.78, 5) is 33.8. The first-order chi connectivity index (χ1) is 17.3. The van der Waals surface area contributed by atoms with Crippen molar-refractivity contribution in [3.8, 4) is 5.75 Å². The molecule has 0 aliphatic rings. The molecule has 0 bridgehead atoms. The first-order valence-electron chi connectivity index (χ1n) is 11.6. The minimum atomic E-state index is -0.416. The molecule has 2 aromatic carbocycles. The number of rotatable bonds is 7. The van der Waals surface area contributed by atoms with E-state index in [9.17, 15) is 9.59 Å². The lowest BCUT2D eigenvalue weighted by Gasteiger charge is -2.11. The number of aromatic nitrogens is 1. The third-order valence-corrected chi connectivity index (χ3v) is 5.38. The van der Waals surface area contributed by atoms with Gasteiger partial charge in [0.15, 0.2) is 5.58 Å². The predicted molar refractivity (Wildman–Crippen MR) is 136 cm³/mol. The summed E-state index contributed by atoms with van der Waals surface area (Å²) in [6.45, 7) is 7.56. The van der Waals surface area contributed by atoms with E-state index in [1.54, 1.807) is 43.5 Å². The Hall–Kier alpha value is -4.46. The van der Waals surface area contributed by atoms with E-state index < -0.39 is 5.97 Å². The van der Waals surface area contributed by atoms with Crippen molar-refractivity contribution in [2.24, 2.45) is 4.99 Å². The number of benzene rings is 2. The van der Waals surface area contributed by atoms with Gasteiger partial charge in [-0.2, -0.15) is 0 Å². The van der Waals surface area contributed by atoms with Crippen LogP contribution in [0.25, 0.3) is 11.0 Å². The van der Waals surface area contributed by atoms with Gasteiger partial charge in [0.2, 0.25) is 5.55 Å². The Morgan fingerprint density at radius 2 is 1.86 bits per heavy atom. The SMILES string of the molecule is CCOc1ccc(N=c2oc3c(C)ncc(COC(C)=O)c3cc2C(=O)Nc2cccc(C)c2)cc1. The molecule has 4 aromatic rings. The number of aryl methyl sites for hydroxylation is 2. The summed E-state index contributed by atoms with van der Waals surface area (Å²) in [7, 11) is 0. The molecule has 0 spiro atoms. The summed E-state index contributed by atoms with van der Waals surface area (Å²) in [5.41, 5.74) is 4.30. The number of nitrogens with zero attached hydrogens (tertiary/aromatic N) is 2. The first-order valence-corrected chi connectivity index (χ1v) is 11.6. The van der Waals surface area contributed by atoms with Gasteiger partial charge < -0.3 is 19.2 Å². The quantitative estimate of drug-likeness (QED) is 0.352. The maximum Gasteiger partial charge on any atom is 0.302 e. The molecular formula is C28H27N3O5. The van der Waals surface area contributed by atoms with Crippen LogP contribution in [0.15, 0.2) is 70.2 Å². The molecule has 8 heteroatoms. The summed E-state index contributed by atoms with van der Waals surface area (Å²) >= 11 is 0. The number of esters is 1. The molecule has 0 aliphatic heterocycles. The number of amides is 1. The molecule has 1 amide bonds. The summed E-state index contributed by atoms with van der Waals surface area (Å²) < 4.78 is 16.9. The lowest BCUT2D eigenvalue weighted by molar-refractivity contribution is -0.142. The van der Waals surface area contributed by atoms with Gasteiger partial charge in [-0.25, -0.2) is 4.99 Å². The Morgan fingerprint density at radius 1 is 1.08 bits per heavy atom. The van der Waals surface area contributed by atoms with Crippen LogP contribution in [0, 0.1) is 13.8 Å². The van der Waals surface area contributed by atoms with Gasteiger partial charge in [0.1, 0.15) is 17.9 Å². The van der Waals surface area contributed by atoms with Gasteiger partial charge in [-0.1, -0.05) is 12.1 Å². The molecule has 2 aromatic heterocycles. The fraction of sp³-hybridized carbons (Fsp3) is 0.214. The highest BCUT2D eigenvalue weighted by molar-refractivity contribution is 6.05. The zero-order valence-corrected chi connectivity index (χ0v) is 20.6. The summed E-state index contributed by atoms with van der Waals surface area (Å²) in [5.74, 6) is -0.0801. The van der Waals surface area contributed by atoms with Gasteiger partial charge in [-0.3, -0.25) is 14.6 Å². The molecule has 0 fully saturated rings.